The second-order valence-corrected chi connectivity index (χ2v) is 6.57. The molecule has 0 spiro atoms. The number of H-pyrrole nitrogens is 1. The van der Waals surface area contributed by atoms with Crippen LogP contribution in [-0.2, 0) is 4.74 Å². The maximum atomic E-state index is 14.5. The molecule has 0 bridgehead atoms. The van der Waals surface area contributed by atoms with Crippen molar-refractivity contribution in [2.24, 2.45) is 0 Å². The summed E-state index contributed by atoms with van der Waals surface area (Å²) in [6.45, 7) is 5.09. The van der Waals surface area contributed by atoms with Gasteiger partial charge in [-0.3, -0.25) is 4.57 Å². The zero-order valence-electron chi connectivity index (χ0n) is 13.9. The number of aromatic amines is 1. The average molecular weight is 346 g/mol. The number of hydrogen-bond donors (Lipinski definition) is 1. The van der Waals surface area contributed by atoms with E-state index in [-0.39, 0.29) is 22.3 Å². The highest BCUT2D eigenvalue weighted by Gasteiger charge is 2.21. The van der Waals surface area contributed by atoms with Crippen molar-refractivity contribution in [3.8, 4) is 5.69 Å². The molecule has 0 atom stereocenters. The molecule has 25 heavy (non-hydrogen) atoms. The SMILES string of the molecule is CC(C)(C)OC(=O)c1ccc(-n2c(=O)[nH]c3cccc(F)c32)c(F)c1. The van der Waals surface area contributed by atoms with Gasteiger partial charge in [-0.15, -0.1) is 0 Å². The minimum absolute atomic E-state index is 0.00420. The molecular weight excluding hydrogens is 330 g/mol. The number of hydrogen-bond acceptors (Lipinski definition) is 3. The normalized spacial score (nSPS) is 11.7. The summed E-state index contributed by atoms with van der Waals surface area (Å²) in [6, 6.07) is 7.69. The molecule has 0 saturated heterocycles. The number of benzene rings is 2. The smallest absolute Gasteiger partial charge is 0.338 e. The van der Waals surface area contributed by atoms with Crippen molar-refractivity contribution in [3.63, 3.8) is 0 Å². The van der Waals surface area contributed by atoms with Gasteiger partial charge >= 0.3 is 11.7 Å². The van der Waals surface area contributed by atoms with Crippen molar-refractivity contribution >= 4 is 17.0 Å². The molecule has 0 amide bonds. The summed E-state index contributed by atoms with van der Waals surface area (Å²) in [5, 5.41) is 0. The number of nitrogens with zero attached hydrogens (tertiary/aromatic N) is 1. The van der Waals surface area contributed by atoms with Crippen LogP contribution >= 0.6 is 0 Å². The lowest BCUT2D eigenvalue weighted by molar-refractivity contribution is 0.00690. The number of nitrogens with one attached hydrogen (secondary N) is 1. The number of ether oxygens (including phenoxy) is 1. The Morgan fingerprint density at radius 3 is 2.48 bits per heavy atom. The van der Waals surface area contributed by atoms with E-state index in [1.165, 1.54) is 30.3 Å². The van der Waals surface area contributed by atoms with Gasteiger partial charge in [0.15, 0.2) is 0 Å². The molecule has 0 aliphatic heterocycles. The van der Waals surface area contributed by atoms with Crippen LogP contribution in [0.15, 0.2) is 41.2 Å². The minimum Gasteiger partial charge on any atom is -0.456 e. The number of carbonyl (C=O) groups excluding carboxylic acids is 1. The van der Waals surface area contributed by atoms with Crippen LogP contribution in [0, 0.1) is 11.6 Å². The first-order valence-electron chi connectivity index (χ1n) is 7.60. The van der Waals surface area contributed by atoms with Crippen LogP contribution in [0.25, 0.3) is 16.7 Å². The zero-order chi connectivity index (χ0) is 18.4. The van der Waals surface area contributed by atoms with E-state index in [9.17, 15) is 18.4 Å². The molecule has 2 aromatic carbocycles. The number of imidazole rings is 1. The van der Waals surface area contributed by atoms with Gasteiger partial charge in [0.05, 0.1) is 16.8 Å². The molecule has 1 heterocycles. The van der Waals surface area contributed by atoms with Crippen molar-refractivity contribution in [2.75, 3.05) is 0 Å². The molecule has 0 aliphatic rings. The minimum atomic E-state index is -0.838. The van der Waals surface area contributed by atoms with Gasteiger partial charge in [-0.25, -0.2) is 18.4 Å². The van der Waals surface area contributed by atoms with Gasteiger partial charge in [-0.1, -0.05) is 6.07 Å². The predicted molar refractivity (Wildman–Crippen MR) is 89.0 cm³/mol. The van der Waals surface area contributed by atoms with Crippen molar-refractivity contribution in [2.45, 2.75) is 26.4 Å². The number of fused-ring (bicyclic) bond motifs is 1. The molecule has 5 nitrogen and oxygen atoms in total. The molecule has 7 heteroatoms. The number of carbonyl (C=O) groups is 1. The summed E-state index contributed by atoms with van der Waals surface area (Å²) >= 11 is 0. The summed E-state index contributed by atoms with van der Waals surface area (Å²) in [6.07, 6.45) is 0. The van der Waals surface area contributed by atoms with Gasteiger partial charge in [0.2, 0.25) is 0 Å². The van der Waals surface area contributed by atoms with Crippen LogP contribution in [0.2, 0.25) is 0 Å². The van der Waals surface area contributed by atoms with Crippen molar-refractivity contribution in [1.82, 2.24) is 9.55 Å². The molecule has 0 radical (unpaired) electrons. The fourth-order valence-corrected chi connectivity index (χ4v) is 2.50. The van der Waals surface area contributed by atoms with Crippen LogP contribution in [0.1, 0.15) is 31.1 Å². The van der Waals surface area contributed by atoms with E-state index in [0.29, 0.717) is 0 Å². The second kappa shape index (κ2) is 5.84. The number of rotatable bonds is 2. The lowest BCUT2D eigenvalue weighted by Gasteiger charge is -2.19. The molecule has 0 saturated carbocycles. The first-order valence-corrected chi connectivity index (χ1v) is 7.60. The Hall–Kier alpha value is -2.96. The van der Waals surface area contributed by atoms with E-state index in [1.807, 2.05) is 0 Å². The van der Waals surface area contributed by atoms with Gasteiger partial charge in [-0.05, 0) is 51.1 Å². The Morgan fingerprint density at radius 2 is 1.84 bits per heavy atom. The third kappa shape index (κ3) is 3.17. The third-order valence-corrected chi connectivity index (χ3v) is 3.48. The summed E-state index contributed by atoms with van der Waals surface area (Å²) in [4.78, 5) is 26.6. The number of halogens is 2. The molecule has 130 valence electrons. The monoisotopic (exact) mass is 346 g/mol. The Balaban J connectivity index is 2.10. The Kier molecular flexibility index (Phi) is 3.94. The van der Waals surface area contributed by atoms with Gasteiger partial charge in [0, 0.05) is 0 Å². The Labute approximate surface area is 141 Å². The van der Waals surface area contributed by atoms with Gasteiger partial charge in [-0.2, -0.15) is 0 Å². The van der Waals surface area contributed by atoms with Gasteiger partial charge in [0.1, 0.15) is 22.8 Å². The highest BCUT2D eigenvalue weighted by molar-refractivity contribution is 5.90. The lowest BCUT2D eigenvalue weighted by atomic mass is 10.1. The van der Waals surface area contributed by atoms with Crippen LogP contribution < -0.4 is 5.69 Å². The topological polar surface area (TPSA) is 64.1 Å². The standard InChI is InChI=1S/C18H16F2N2O3/c1-18(2,3)25-16(23)10-7-8-14(12(20)9-10)22-15-11(19)5-4-6-13(15)21-17(22)24/h4-9H,1-3H3,(H,21,24). The van der Waals surface area contributed by atoms with E-state index >= 15 is 0 Å². The molecule has 1 aromatic heterocycles. The summed E-state index contributed by atoms with van der Waals surface area (Å²) in [5.41, 5.74) is -1.36. The van der Waals surface area contributed by atoms with E-state index in [0.717, 1.165) is 10.6 Å². The fourth-order valence-electron chi connectivity index (χ4n) is 2.50. The van der Waals surface area contributed by atoms with Crippen molar-refractivity contribution in [1.29, 1.82) is 0 Å². The molecule has 3 rings (SSSR count). The Bertz CT molecular complexity index is 1030. The van der Waals surface area contributed by atoms with Gasteiger partial charge < -0.3 is 9.72 Å². The summed E-state index contributed by atoms with van der Waals surface area (Å²) in [7, 11) is 0. The second-order valence-electron chi connectivity index (χ2n) is 6.57. The highest BCUT2D eigenvalue weighted by Crippen LogP contribution is 2.22. The quantitative estimate of drug-likeness (QED) is 0.722. The fraction of sp³-hybridized carbons (Fsp3) is 0.222. The highest BCUT2D eigenvalue weighted by atomic mass is 19.1. The maximum Gasteiger partial charge on any atom is 0.338 e. The average Bonchev–Trinajstić information content (AvgIpc) is 2.83. The summed E-state index contributed by atoms with van der Waals surface area (Å²) < 4.78 is 34.7. The van der Waals surface area contributed by atoms with Gasteiger partial charge in [0.25, 0.3) is 0 Å². The number of aromatic nitrogens is 2. The van der Waals surface area contributed by atoms with Crippen molar-refractivity contribution in [3.05, 3.63) is 64.1 Å². The first kappa shape index (κ1) is 16.9. The first-order chi connectivity index (χ1) is 11.7. The molecular formula is C18H16F2N2O3. The van der Waals surface area contributed by atoms with Crippen LogP contribution in [-0.4, -0.2) is 21.1 Å². The van der Waals surface area contributed by atoms with Crippen LogP contribution in [0.3, 0.4) is 0 Å². The van der Waals surface area contributed by atoms with E-state index < -0.39 is 28.9 Å². The molecule has 3 aromatic rings. The number of para-hydroxylation sites is 1. The van der Waals surface area contributed by atoms with Crippen molar-refractivity contribution < 1.29 is 18.3 Å². The van der Waals surface area contributed by atoms with E-state index in [2.05, 4.69) is 4.98 Å². The summed E-state index contributed by atoms with van der Waals surface area (Å²) in [5.74, 6) is -2.18. The molecule has 0 aliphatic carbocycles. The maximum absolute atomic E-state index is 14.5. The molecule has 0 fully saturated rings. The van der Waals surface area contributed by atoms with E-state index in [1.54, 1.807) is 20.8 Å². The largest absolute Gasteiger partial charge is 0.456 e. The Morgan fingerprint density at radius 1 is 1.12 bits per heavy atom. The lowest BCUT2D eigenvalue weighted by Crippen LogP contribution is -2.24. The van der Waals surface area contributed by atoms with Crippen LogP contribution in [0.5, 0.6) is 0 Å². The zero-order valence-corrected chi connectivity index (χ0v) is 13.9. The third-order valence-electron chi connectivity index (χ3n) is 3.48. The molecule has 0 unspecified atom stereocenters. The van der Waals surface area contributed by atoms with Crippen LogP contribution in [0.4, 0.5) is 8.78 Å². The van der Waals surface area contributed by atoms with E-state index in [4.69, 9.17) is 4.74 Å². The molecule has 1 N–H and O–H groups in total. The predicted octanol–water partition coefficient (Wildman–Crippen LogP) is 3.55. The number of esters is 1.